The van der Waals surface area contributed by atoms with Crippen molar-refractivity contribution in [2.24, 2.45) is 0 Å². The van der Waals surface area contributed by atoms with Crippen LogP contribution in [0.5, 0.6) is 0 Å². The molecule has 4 aromatic rings. The standard InChI is InChI=1S/C22H21N3O3/c1-3-25-19-7-5-4-6-17(19)18-12-15(8-9-20(18)25)24-21(26)13-23-22(27)16-10-11-28-14(16)2/h4-12H,3,13H2,1-2H3,(H,23,27)(H,24,26). The molecule has 2 heterocycles. The van der Waals surface area contributed by atoms with E-state index in [9.17, 15) is 9.59 Å². The molecule has 2 aromatic carbocycles. The van der Waals surface area contributed by atoms with Gasteiger partial charge < -0.3 is 19.6 Å². The molecule has 0 saturated heterocycles. The molecule has 0 atom stereocenters. The van der Waals surface area contributed by atoms with E-state index in [4.69, 9.17) is 4.42 Å². The van der Waals surface area contributed by atoms with Gasteiger partial charge in [-0.25, -0.2) is 0 Å². The molecule has 6 nitrogen and oxygen atoms in total. The van der Waals surface area contributed by atoms with Crippen molar-refractivity contribution in [3.63, 3.8) is 0 Å². The zero-order valence-electron chi connectivity index (χ0n) is 15.8. The number of fused-ring (bicyclic) bond motifs is 3. The van der Waals surface area contributed by atoms with Crippen molar-refractivity contribution >= 4 is 39.3 Å². The van der Waals surface area contributed by atoms with Gasteiger partial charge in [-0.05, 0) is 44.2 Å². The summed E-state index contributed by atoms with van der Waals surface area (Å²) in [5.74, 6) is -0.0911. The van der Waals surface area contributed by atoms with Crippen LogP contribution in [0, 0.1) is 6.92 Å². The highest BCUT2D eigenvalue weighted by Crippen LogP contribution is 2.30. The van der Waals surface area contributed by atoms with Gasteiger partial charge in [0, 0.05) is 34.0 Å². The third-order valence-electron chi connectivity index (χ3n) is 4.89. The third-order valence-corrected chi connectivity index (χ3v) is 4.89. The van der Waals surface area contributed by atoms with E-state index in [1.54, 1.807) is 13.0 Å². The van der Waals surface area contributed by atoms with Crippen LogP contribution in [0.2, 0.25) is 0 Å². The molecule has 2 amide bonds. The van der Waals surface area contributed by atoms with Crippen molar-refractivity contribution < 1.29 is 14.0 Å². The lowest BCUT2D eigenvalue weighted by atomic mass is 10.1. The summed E-state index contributed by atoms with van der Waals surface area (Å²) < 4.78 is 7.37. The Morgan fingerprint density at radius 2 is 1.82 bits per heavy atom. The number of nitrogens with one attached hydrogen (secondary N) is 2. The molecule has 0 saturated carbocycles. The Morgan fingerprint density at radius 1 is 1.04 bits per heavy atom. The van der Waals surface area contributed by atoms with E-state index >= 15 is 0 Å². The van der Waals surface area contributed by atoms with Gasteiger partial charge in [0.15, 0.2) is 0 Å². The largest absolute Gasteiger partial charge is 0.469 e. The quantitative estimate of drug-likeness (QED) is 0.552. The fourth-order valence-corrected chi connectivity index (χ4v) is 3.55. The van der Waals surface area contributed by atoms with Gasteiger partial charge in [0.1, 0.15) is 5.76 Å². The number of nitrogens with zero attached hydrogens (tertiary/aromatic N) is 1. The summed E-state index contributed by atoms with van der Waals surface area (Å²) in [5.41, 5.74) is 3.43. The zero-order valence-corrected chi connectivity index (χ0v) is 15.8. The number of rotatable bonds is 5. The number of anilines is 1. The minimum Gasteiger partial charge on any atom is -0.469 e. The maximum atomic E-state index is 12.3. The van der Waals surface area contributed by atoms with Gasteiger partial charge in [-0.3, -0.25) is 9.59 Å². The summed E-state index contributed by atoms with van der Waals surface area (Å²) in [6.45, 7) is 4.58. The molecule has 0 aliphatic heterocycles. The van der Waals surface area contributed by atoms with Crippen LogP contribution in [0.4, 0.5) is 5.69 Å². The monoisotopic (exact) mass is 375 g/mol. The van der Waals surface area contributed by atoms with Crippen molar-refractivity contribution in [3.05, 3.63) is 66.1 Å². The topological polar surface area (TPSA) is 76.3 Å². The highest BCUT2D eigenvalue weighted by atomic mass is 16.3. The summed E-state index contributed by atoms with van der Waals surface area (Å²) in [7, 11) is 0. The lowest BCUT2D eigenvalue weighted by molar-refractivity contribution is -0.115. The number of aromatic nitrogens is 1. The molecule has 28 heavy (non-hydrogen) atoms. The summed E-state index contributed by atoms with van der Waals surface area (Å²) in [6, 6.07) is 15.7. The Labute approximate surface area is 162 Å². The second-order valence-corrected chi connectivity index (χ2v) is 6.61. The van der Waals surface area contributed by atoms with Gasteiger partial charge >= 0.3 is 0 Å². The predicted octanol–water partition coefficient (Wildman–Crippen LogP) is 4.08. The molecular weight excluding hydrogens is 354 g/mol. The highest BCUT2D eigenvalue weighted by Gasteiger charge is 2.14. The molecule has 0 aliphatic rings. The lowest BCUT2D eigenvalue weighted by Gasteiger charge is -2.08. The number of aryl methyl sites for hydroxylation is 2. The van der Waals surface area contributed by atoms with E-state index in [1.165, 1.54) is 11.8 Å². The van der Waals surface area contributed by atoms with Crippen LogP contribution in [0.15, 0.2) is 59.2 Å². The zero-order chi connectivity index (χ0) is 19.7. The SMILES string of the molecule is CCn1c2ccccc2c2cc(NC(=O)CNC(=O)c3ccoc3C)ccc21. The van der Waals surface area contributed by atoms with Gasteiger partial charge in [0.2, 0.25) is 5.91 Å². The molecule has 0 spiro atoms. The normalized spacial score (nSPS) is 11.1. The van der Waals surface area contributed by atoms with E-state index in [0.717, 1.165) is 22.8 Å². The summed E-state index contributed by atoms with van der Waals surface area (Å²) in [4.78, 5) is 24.4. The number of hydrogen-bond donors (Lipinski definition) is 2. The van der Waals surface area contributed by atoms with E-state index < -0.39 is 0 Å². The van der Waals surface area contributed by atoms with E-state index in [-0.39, 0.29) is 18.4 Å². The molecular formula is C22H21N3O3. The third kappa shape index (κ3) is 3.13. The number of carbonyl (C=O) groups is 2. The second-order valence-electron chi connectivity index (χ2n) is 6.61. The number of carbonyl (C=O) groups excluding carboxylic acids is 2. The fraction of sp³-hybridized carbons (Fsp3) is 0.182. The average Bonchev–Trinajstić information content (AvgIpc) is 3.27. The Bertz CT molecular complexity index is 1190. The van der Waals surface area contributed by atoms with E-state index in [2.05, 4.69) is 34.3 Å². The Morgan fingerprint density at radius 3 is 2.57 bits per heavy atom. The number of para-hydroxylation sites is 1. The van der Waals surface area contributed by atoms with Crippen LogP contribution in [0.3, 0.4) is 0 Å². The van der Waals surface area contributed by atoms with Gasteiger partial charge in [0.05, 0.1) is 18.4 Å². The summed E-state index contributed by atoms with van der Waals surface area (Å²) in [5, 5.41) is 7.71. The molecule has 0 bridgehead atoms. The molecule has 0 fully saturated rings. The fourth-order valence-electron chi connectivity index (χ4n) is 3.55. The maximum Gasteiger partial charge on any atom is 0.255 e. The van der Waals surface area contributed by atoms with Crippen molar-refractivity contribution in [1.29, 1.82) is 0 Å². The molecule has 4 rings (SSSR count). The summed E-state index contributed by atoms with van der Waals surface area (Å²) in [6.07, 6.45) is 1.45. The van der Waals surface area contributed by atoms with Crippen molar-refractivity contribution in [2.75, 3.05) is 11.9 Å². The smallest absolute Gasteiger partial charge is 0.255 e. The molecule has 6 heteroatoms. The number of hydrogen-bond acceptors (Lipinski definition) is 3. The van der Waals surface area contributed by atoms with Crippen LogP contribution >= 0.6 is 0 Å². The first-order valence-electron chi connectivity index (χ1n) is 9.21. The van der Waals surface area contributed by atoms with Crippen molar-refractivity contribution in [2.45, 2.75) is 20.4 Å². The van der Waals surface area contributed by atoms with Crippen molar-refractivity contribution in [1.82, 2.24) is 9.88 Å². The van der Waals surface area contributed by atoms with Crippen LogP contribution < -0.4 is 10.6 Å². The van der Waals surface area contributed by atoms with E-state index in [1.807, 2.05) is 30.3 Å². The van der Waals surface area contributed by atoms with Gasteiger partial charge in [0.25, 0.3) is 5.91 Å². The predicted molar refractivity (Wildman–Crippen MR) is 110 cm³/mol. The molecule has 142 valence electrons. The maximum absolute atomic E-state index is 12.3. The average molecular weight is 375 g/mol. The Hall–Kier alpha value is -3.54. The number of benzene rings is 2. The van der Waals surface area contributed by atoms with Crippen LogP contribution in [0.1, 0.15) is 23.0 Å². The molecule has 0 aliphatic carbocycles. The first-order chi connectivity index (χ1) is 13.6. The first-order valence-corrected chi connectivity index (χ1v) is 9.21. The van der Waals surface area contributed by atoms with Gasteiger partial charge in [-0.1, -0.05) is 18.2 Å². The van der Waals surface area contributed by atoms with E-state index in [0.29, 0.717) is 17.0 Å². The van der Waals surface area contributed by atoms with Crippen LogP contribution in [-0.2, 0) is 11.3 Å². The highest BCUT2D eigenvalue weighted by molar-refractivity contribution is 6.10. The summed E-state index contributed by atoms with van der Waals surface area (Å²) >= 11 is 0. The lowest BCUT2D eigenvalue weighted by Crippen LogP contribution is -2.32. The Balaban J connectivity index is 1.52. The van der Waals surface area contributed by atoms with Gasteiger partial charge in [-0.2, -0.15) is 0 Å². The minimum absolute atomic E-state index is 0.113. The number of amides is 2. The Kier molecular flexibility index (Phi) is 4.61. The molecule has 0 unspecified atom stereocenters. The molecule has 0 radical (unpaired) electrons. The van der Waals surface area contributed by atoms with Gasteiger partial charge in [-0.15, -0.1) is 0 Å². The molecule has 2 N–H and O–H groups in total. The number of furan rings is 1. The minimum atomic E-state index is -0.331. The van der Waals surface area contributed by atoms with Crippen LogP contribution in [0.25, 0.3) is 21.8 Å². The molecule has 2 aromatic heterocycles. The van der Waals surface area contributed by atoms with Crippen molar-refractivity contribution in [3.8, 4) is 0 Å². The first kappa shape index (κ1) is 17.9. The second kappa shape index (κ2) is 7.23. The van der Waals surface area contributed by atoms with Crippen LogP contribution in [-0.4, -0.2) is 22.9 Å².